The number of benzene rings is 3. The van der Waals surface area contributed by atoms with Crippen molar-refractivity contribution in [3.63, 3.8) is 0 Å². The number of nitrogens with zero attached hydrogens (tertiary/aromatic N) is 1. The van der Waals surface area contributed by atoms with E-state index in [9.17, 15) is 9.59 Å². The predicted molar refractivity (Wildman–Crippen MR) is 133 cm³/mol. The van der Waals surface area contributed by atoms with Gasteiger partial charge in [-0.15, -0.1) is 0 Å². The molecule has 1 aliphatic heterocycles. The zero-order valence-electron chi connectivity index (χ0n) is 19.0. The van der Waals surface area contributed by atoms with Crippen molar-refractivity contribution in [1.82, 2.24) is 4.90 Å². The Morgan fingerprint density at radius 3 is 2.15 bits per heavy atom. The number of ether oxygens (including phenoxy) is 2. The molecule has 0 aliphatic carbocycles. The maximum absolute atomic E-state index is 12.6. The maximum Gasteiger partial charge on any atom is 0.253 e. The lowest BCUT2D eigenvalue weighted by molar-refractivity contribution is -0.114. The third-order valence-electron chi connectivity index (χ3n) is 5.46. The fourth-order valence-corrected chi connectivity index (χ4v) is 3.73. The Morgan fingerprint density at radius 2 is 1.44 bits per heavy atom. The van der Waals surface area contributed by atoms with Gasteiger partial charge in [-0.3, -0.25) is 9.59 Å². The first kappa shape index (κ1) is 23.2. The zero-order valence-corrected chi connectivity index (χ0v) is 19.0. The summed E-state index contributed by atoms with van der Waals surface area (Å²) in [6.07, 6.45) is 2.09. The highest BCUT2D eigenvalue weighted by molar-refractivity contribution is 5.98. The van der Waals surface area contributed by atoms with Crippen LogP contribution in [0.15, 0.2) is 78.9 Å². The molecule has 0 saturated carbocycles. The number of likely N-dealkylation sites (tertiary alicyclic amines) is 1. The molecular formula is C27H29N3O4. The van der Waals surface area contributed by atoms with Crippen LogP contribution < -0.4 is 20.1 Å². The van der Waals surface area contributed by atoms with Gasteiger partial charge in [-0.2, -0.15) is 0 Å². The van der Waals surface area contributed by atoms with E-state index in [0.717, 1.165) is 43.1 Å². The first-order valence-electron chi connectivity index (χ1n) is 11.5. The van der Waals surface area contributed by atoms with Crippen LogP contribution >= 0.6 is 0 Å². The Hall–Kier alpha value is -4.00. The molecular weight excluding hydrogens is 430 g/mol. The summed E-state index contributed by atoms with van der Waals surface area (Å²) in [4.78, 5) is 26.8. The number of para-hydroxylation sites is 1. The Balaban J connectivity index is 1.19. The van der Waals surface area contributed by atoms with Gasteiger partial charge in [0.1, 0.15) is 24.7 Å². The highest BCUT2D eigenvalue weighted by Gasteiger charge is 2.19. The molecule has 1 fully saturated rings. The van der Waals surface area contributed by atoms with E-state index in [1.807, 2.05) is 59.5 Å². The summed E-state index contributed by atoms with van der Waals surface area (Å²) in [6.45, 7) is 2.59. The van der Waals surface area contributed by atoms with Gasteiger partial charge in [0.2, 0.25) is 5.91 Å². The quantitative estimate of drug-likeness (QED) is 0.439. The SMILES string of the molecule is O=C(CNc1ccc(OCCOc2ccccc2)cc1)Nc1cccc(C(=O)N2CCCC2)c1. The Kier molecular flexibility index (Phi) is 8.00. The van der Waals surface area contributed by atoms with Gasteiger partial charge in [0, 0.05) is 30.0 Å². The molecule has 3 aromatic carbocycles. The van der Waals surface area contributed by atoms with Crippen molar-refractivity contribution in [3.05, 3.63) is 84.4 Å². The minimum absolute atomic E-state index is 0.0145. The lowest BCUT2D eigenvalue weighted by atomic mass is 10.1. The van der Waals surface area contributed by atoms with Gasteiger partial charge in [-0.05, 0) is 67.4 Å². The Labute approximate surface area is 199 Å². The highest BCUT2D eigenvalue weighted by atomic mass is 16.5. The Morgan fingerprint density at radius 1 is 0.765 bits per heavy atom. The van der Waals surface area contributed by atoms with Gasteiger partial charge in [-0.25, -0.2) is 0 Å². The second kappa shape index (κ2) is 11.7. The number of nitrogens with one attached hydrogen (secondary N) is 2. The third-order valence-corrected chi connectivity index (χ3v) is 5.46. The van der Waals surface area contributed by atoms with Gasteiger partial charge in [0.05, 0.1) is 6.54 Å². The zero-order chi connectivity index (χ0) is 23.6. The number of hydrogen-bond donors (Lipinski definition) is 2. The van der Waals surface area contributed by atoms with Gasteiger partial charge >= 0.3 is 0 Å². The van der Waals surface area contributed by atoms with Crippen LogP contribution in [0.25, 0.3) is 0 Å². The van der Waals surface area contributed by atoms with Gasteiger partial charge in [-0.1, -0.05) is 24.3 Å². The van der Waals surface area contributed by atoms with E-state index < -0.39 is 0 Å². The number of rotatable bonds is 10. The minimum Gasteiger partial charge on any atom is -0.490 e. The lowest BCUT2D eigenvalue weighted by Crippen LogP contribution is -2.27. The standard InChI is InChI=1S/C27H29N3O4/c31-26(29-23-8-6-7-21(19-23)27(32)30-15-4-5-16-30)20-28-22-11-13-25(14-12-22)34-18-17-33-24-9-2-1-3-10-24/h1-3,6-14,19,28H,4-5,15-18,20H2,(H,29,31). The molecule has 2 amide bonds. The van der Waals surface area contributed by atoms with E-state index in [1.165, 1.54) is 0 Å². The maximum atomic E-state index is 12.6. The molecule has 0 atom stereocenters. The van der Waals surface area contributed by atoms with E-state index in [0.29, 0.717) is 24.5 Å². The highest BCUT2D eigenvalue weighted by Crippen LogP contribution is 2.18. The van der Waals surface area contributed by atoms with Crippen LogP contribution in [0.3, 0.4) is 0 Å². The topological polar surface area (TPSA) is 79.9 Å². The van der Waals surface area contributed by atoms with Crippen LogP contribution in [-0.4, -0.2) is 49.6 Å². The normalized spacial score (nSPS) is 12.8. The number of anilines is 2. The number of carbonyl (C=O) groups excluding carboxylic acids is 2. The van der Waals surface area contributed by atoms with E-state index in [-0.39, 0.29) is 18.4 Å². The van der Waals surface area contributed by atoms with E-state index in [2.05, 4.69) is 10.6 Å². The summed E-state index contributed by atoms with van der Waals surface area (Å²) in [6, 6.07) is 24.1. The molecule has 7 heteroatoms. The van der Waals surface area contributed by atoms with Crippen LogP contribution in [-0.2, 0) is 4.79 Å². The van der Waals surface area contributed by atoms with Crippen LogP contribution in [0.4, 0.5) is 11.4 Å². The van der Waals surface area contributed by atoms with Crippen molar-refractivity contribution in [1.29, 1.82) is 0 Å². The molecule has 1 aliphatic rings. The van der Waals surface area contributed by atoms with Gasteiger partial charge in [0.25, 0.3) is 5.91 Å². The predicted octanol–water partition coefficient (Wildman–Crippen LogP) is 4.43. The van der Waals surface area contributed by atoms with E-state index in [1.54, 1.807) is 24.3 Å². The molecule has 0 radical (unpaired) electrons. The minimum atomic E-state index is -0.191. The van der Waals surface area contributed by atoms with Crippen LogP contribution in [0.2, 0.25) is 0 Å². The summed E-state index contributed by atoms with van der Waals surface area (Å²) < 4.78 is 11.3. The fourth-order valence-electron chi connectivity index (χ4n) is 3.73. The first-order chi connectivity index (χ1) is 16.7. The molecule has 1 heterocycles. The van der Waals surface area contributed by atoms with E-state index >= 15 is 0 Å². The fraction of sp³-hybridized carbons (Fsp3) is 0.259. The van der Waals surface area contributed by atoms with Crippen molar-refractivity contribution in [2.45, 2.75) is 12.8 Å². The van der Waals surface area contributed by atoms with Gasteiger partial charge < -0.3 is 25.0 Å². The average molecular weight is 460 g/mol. The van der Waals surface area contributed by atoms with Crippen molar-refractivity contribution >= 4 is 23.2 Å². The summed E-state index contributed by atoms with van der Waals surface area (Å²) in [5, 5.41) is 5.94. The molecule has 34 heavy (non-hydrogen) atoms. The summed E-state index contributed by atoms with van der Waals surface area (Å²) in [7, 11) is 0. The molecule has 3 aromatic rings. The number of amides is 2. The van der Waals surface area contributed by atoms with Crippen LogP contribution in [0.1, 0.15) is 23.2 Å². The van der Waals surface area contributed by atoms with Gasteiger partial charge in [0.15, 0.2) is 0 Å². The number of hydrogen-bond acceptors (Lipinski definition) is 5. The summed E-state index contributed by atoms with van der Waals surface area (Å²) in [5.41, 5.74) is 2.01. The van der Waals surface area contributed by atoms with Crippen LogP contribution in [0, 0.1) is 0 Å². The molecule has 4 rings (SSSR count). The number of carbonyl (C=O) groups is 2. The van der Waals surface area contributed by atoms with Crippen molar-refractivity contribution in [3.8, 4) is 11.5 Å². The monoisotopic (exact) mass is 459 g/mol. The molecule has 176 valence electrons. The summed E-state index contributed by atoms with van der Waals surface area (Å²) >= 11 is 0. The smallest absolute Gasteiger partial charge is 0.253 e. The molecule has 1 saturated heterocycles. The van der Waals surface area contributed by atoms with Crippen molar-refractivity contribution in [2.75, 3.05) is 43.5 Å². The molecule has 7 nitrogen and oxygen atoms in total. The average Bonchev–Trinajstić information content (AvgIpc) is 3.42. The van der Waals surface area contributed by atoms with Crippen molar-refractivity contribution < 1.29 is 19.1 Å². The van der Waals surface area contributed by atoms with Crippen LogP contribution in [0.5, 0.6) is 11.5 Å². The molecule has 0 unspecified atom stereocenters. The largest absolute Gasteiger partial charge is 0.490 e. The van der Waals surface area contributed by atoms with Crippen molar-refractivity contribution in [2.24, 2.45) is 0 Å². The third kappa shape index (κ3) is 6.75. The molecule has 0 spiro atoms. The van der Waals surface area contributed by atoms with E-state index in [4.69, 9.17) is 9.47 Å². The molecule has 2 N–H and O–H groups in total. The lowest BCUT2D eigenvalue weighted by Gasteiger charge is -2.16. The molecule has 0 bridgehead atoms. The second-order valence-corrected chi connectivity index (χ2v) is 8.02. The second-order valence-electron chi connectivity index (χ2n) is 8.02. The molecule has 0 aromatic heterocycles. The summed E-state index contributed by atoms with van der Waals surface area (Å²) in [5.74, 6) is 1.37. The first-order valence-corrected chi connectivity index (χ1v) is 11.5. The Bertz CT molecular complexity index is 1080.